The number of aryl methyl sites for hydroxylation is 1. The van der Waals surface area contributed by atoms with E-state index in [1.807, 2.05) is 30.5 Å². The van der Waals surface area contributed by atoms with Crippen molar-refractivity contribution in [3.63, 3.8) is 0 Å². The molecule has 0 fully saturated rings. The van der Waals surface area contributed by atoms with Crippen molar-refractivity contribution in [1.29, 1.82) is 0 Å². The number of hydrogen-bond donors (Lipinski definition) is 0. The lowest BCUT2D eigenvalue weighted by Crippen LogP contribution is -2.15. The van der Waals surface area contributed by atoms with E-state index in [9.17, 15) is 4.91 Å². The van der Waals surface area contributed by atoms with Crippen LogP contribution in [0, 0.1) is 11.8 Å². The Kier molecular flexibility index (Phi) is 5.53. The number of nitroso groups, excluding NO2 is 1. The minimum absolute atomic E-state index is 0.534. The average molecular weight is 393 g/mol. The van der Waals surface area contributed by atoms with Crippen LogP contribution < -0.4 is 0 Å². The van der Waals surface area contributed by atoms with Crippen LogP contribution in [0.15, 0.2) is 95.2 Å². The molecule has 0 bridgehead atoms. The monoisotopic (exact) mass is 392 g/mol. The molecule has 1 unspecified atom stereocenters. The summed E-state index contributed by atoms with van der Waals surface area (Å²) in [6.07, 6.45) is 1.85. The maximum absolute atomic E-state index is 11.3. The molecule has 0 spiro atoms. The van der Waals surface area contributed by atoms with Crippen molar-refractivity contribution >= 4 is 32.8 Å². The Balaban J connectivity index is 1.77. The van der Waals surface area contributed by atoms with Crippen LogP contribution in [0.3, 0.4) is 0 Å². The lowest BCUT2D eigenvalue weighted by atomic mass is 9.97. The predicted molar refractivity (Wildman–Crippen MR) is 128 cm³/mol. The van der Waals surface area contributed by atoms with E-state index >= 15 is 0 Å². The molecule has 4 rings (SSSR count). The summed E-state index contributed by atoms with van der Waals surface area (Å²) in [5.74, 6) is 0. The fourth-order valence-corrected chi connectivity index (χ4v) is 3.84. The minimum Gasteiger partial charge on any atom is -0.258 e. The molecular formula is C27H24N2O. The van der Waals surface area contributed by atoms with Crippen molar-refractivity contribution in [2.75, 3.05) is 0 Å². The van der Waals surface area contributed by atoms with E-state index in [0.29, 0.717) is 5.71 Å². The molecule has 30 heavy (non-hydrogen) atoms. The maximum Gasteiger partial charge on any atom is 0.132 e. The first-order valence-corrected chi connectivity index (χ1v) is 10.1. The van der Waals surface area contributed by atoms with Gasteiger partial charge in [0.1, 0.15) is 6.04 Å². The smallest absolute Gasteiger partial charge is 0.132 e. The molecule has 0 saturated carbocycles. The molecular weight excluding hydrogens is 368 g/mol. The summed E-state index contributed by atoms with van der Waals surface area (Å²) in [6.45, 7) is 5.95. The van der Waals surface area contributed by atoms with Crippen LogP contribution in [-0.2, 0) is 0 Å². The molecule has 0 heterocycles. The van der Waals surface area contributed by atoms with Gasteiger partial charge >= 0.3 is 0 Å². The second kappa shape index (κ2) is 8.42. The van der Waals surface area contributed by atoms with E-state index < -0.39 is 6.04 Å². The Labute approximate surface area is 176 Å². The number of allylic oxidation sites excluding steroid dienone is 1. The number of benzene rings is 4. The minimum atomic E-state index is -0.534. The van der Waals surface area contributed by atoms with Crippen molar-refractivity contribution in [2.24, 2.45) is 10.2 Å². The summed E-state index contributed by atoms with van der Waals surface area (Å²) in [4.78, 5) is 16.1. The van der Waals surface area contributed by atoms with Crippen LogP contribution in [-0.4, -0.2) is 11.8 Å². The molecule has 4 aromatic rings. The fourth-order valence-electron chi connectivity index (χ4n) is 3.84. The third kappa shape index (κ3) is 3.92. The Morgan fingerprint density at radius 2 is 1.43 bits per heavy atom. The fraction of sp³-hybridized carbons (Fsp3) is 0.148. The zero-order valence-electron chi connectivity index (χ0n) is 17.5. The maximum atomic E-state index is 11.3. The molecule has 148 valence electrons. The lowest BCUT2D eigenvalue weighted by Gasteiger charge is -2.11. The Morgan fingerprint density at radius 1 is 0.833 bits per heavy atom. The highest BCUT2D eigenvalue weighted by Crippen LogP contribution is 2.25. The van der Waals surface area contributed by atoms with Crippen molar-refractivity contribution in [3.05, 3.63) is 107 Å². The van der Waals surface area contributed by atoms with Gasteiger partial charge in [-0.2, -0.15) is 4.91 Å². The van der Waals surface area contributed by atoms with Gasteiger partial charge in [0.25, 0.3) is 0 Å². The van der Waals surface area contributed by atoms with Crippen molar-refractivity contribution in [3.8, 4) is 0 Å². The van der Waals surface area contributed by atoms with Crippen LogP contribution in [0.2, 0.25) is 0 Å². The molecule has 0 N–H and O–H groups in total. The topological polar surface area (TPSA) is 41.8 Å². The quantitative estimate of drug-likeness (QED) is 0.259. The first kappa shape index (κ1) is 19.7. The highest BCUT2D eigenvalue weighted by Gasteiger charge is 2.14. The molecule has 0 aromatic heterocycles. The summed E-state index contributed by atoms with van der Waals surface area (Å²) in [5, 5.41) is 7.95. The van der Waals surface area contributed by atoms with Crippen LogP contribution >= 0.6 is 0 Å². The van der Waals surface area contributed by atoms with Gasteiger partial charge in [-0.1, -0.05) is 71.9 Å². The lowest BCUT2D eigenvalue weighted by molar-refractivity contribution is 0.961. The second-order valence-electron chi connectivity index (χ2n) is 7.68. The van der Waals surface area contributed by atoms with E-state index in [0.717, 1.165) is 27.5 Å². The zero-order valence-corrected chi connectivity index (χ0v) is 17.5. The van der Waals surface area contributed by atoms with Gasteiger partial charge in [0.15, 0.2) is 0 Å². The molecule has 3 heteroatoms. The van der Waals surface area contributed by atoms with Crippen molar-refractivity contribution in [2.45, 2.75) is 26.8 Å². The first-order chi connectivity index (χ1) is 14.6. The third-order valence-electron chi connectivity index (χ3n) is 5.51. The normalized spacial score (nSPS) is 13.6. The number of nitrogens with zero attached hydrogens (tertiary/aromatic N) is 2. The molecule has 0 aliphatic heterocycles. The summed E-state index contributed by atoms with van der Waals surface area (Å²) in [7, 11) is 0. The van der Waals surface area contributed by atoms with E-state index in [1.165, 1.54) is 16.3 Å². The molecule has 0 aliphatic rings. The van der Waals surface area contributed by atoms with E-state index in [1.54, 1.807) is 6.92 Å². The van der Waals surface area contributed by atoms with Crippen molar-refractivity contribution < 1.29 is 0 Å². The Hall–Kier alpha value is -3.59. The highest BCUT2D eigenvalue weighted by atomic mass is 16.3. The predicted octanol–water partition coefficient (Wildman–Crippen LogP) is 7.31. The van der Waals surface area contributed by atoms with Gasteiger partial charge in [0.2, 0.25) is 0 Å². The van der Waals surface area contributed by atoms with Crippen LogP contribution in [0.4, 0.5) is 0 Å². The number of aliphatic imine (C=N–C) groups is 1. The third-order valence-corrected chi connectivity index (χ3v) is 5.51. The number of hydrogen-bond acceptors (Lipinski definition) is 3. The molecule has 1 atom stereocenters. The van der Waals surface area contributed by atoms with Gasteiger partial charge in [0, 0.05) is 6.20 Å². The van der Waals surface area contributed by atoms with Crippen LogP contribution in [0.5, 0.6) is 0 Å². The molecule has 0 amide bonds. The van der Waals surface area contributed by atoms with E-state index in [4.69, 9.17) is 4.99 Å². The zero-order chi connectivity index (χ0) is 21.1. The number of rotatable bonds is 5. The average Bonchev–Trinajstić information content (AvgIpc) is 2.78. The van der Waals surface area contributed by atoms with Gasteiger partial charge in [-0.3, -0.25) is 4.99 Å². The van der Waals surface area contributed by atoms with Crippen LogP contribution in [0.1, 0.15) is 30.5 Å². The summed E-state index contributed by atoms with van der Waals surface area (Å²) in [5.41, 5.74) is 5.00. The summed E-state index contributed by atoms with van der Waals surface area (Å²) in [6, 6.07) is 26.5. The van der Waals surface area contributed by atoms with Gasteiger partial charge in [-0.15, -0.1) is 0 Å². The summed E-state index contributed by atoms with van der Waals surface area (Å²) < 4.78 is 0. The second-order valence-corrected chi connectivity index (χ2v) is 7.68. The molecule has 3 nitrogen and oxygen atoms in total. The molecule has 4 aromatic carbocycles. The van der Waals surface area contributed by atoms with Crippen molar-refractivity contribution in [1.82, 2.24) is 0 Å². The van der Waals surface area contributed by atoms with Gasteiger partial charge in [-0.05, 0) is 76.7 Å². The number of fused-ring (bicyclic) bond motifs is 2. The highest BCUT2D eigenvalue weighted by molar-refractivity contribution is 6.07. The molecule has 0 aliphatic carbocycles. The Bertz CT molecular complexity index is 1300. The summed E-state index contributed by atoms with van der Waals surface area (Å²) >= 11 is 0. The standard InChI is InChI=1S/C27H24N2O/c1-18-14-22-9-6-7-11-24(22)16-26(18)19(2)17-28-27(20(3)29-30)25-13-12-21-8-4-5-10-23(21)15-25/h4-17,20H,1-3H3/b19-17+,28-27+. The first-order valence-electron chi connectivity index (χ1n) is 10.1. The largest absolute Gasteiger partial charge is 0.258 e. The SMILES string of the molecule is C/C(=C\N=C(\c1ccc2ccccc2c1)C(C)N=O)c1cc2ccccc2cc1C. The van der Waals surface area contributed by atoms with Gasteiger partial charge in [0.05, 0.1) is 5.71 Å². The molecule has 0 radical (unpaired) electrons. The van der Waals surface area contributed by atoms with Gasteiger partial charge in [-0.25, -0.2) is 0 Å². The van der Waals surface area contributed by atoms with Crippen LogP contribution in [0.25, 0.3) is 27.1 Å². The molecule has 0 saturated heterocycles. The van der Waals surface area contributed by atoms with E-state index in [2.05, 4.69) is 73.6 Å². The van der Waals surface area contributed by atoms with E-state index in [-0.39, 0.29) is 0 Å². The Morgan fingerprint density at radius 3 is 2.10 bits per heavy atom. The van der Waals surface area contributed by atoms with Gasteiger partial charge < -0.3 is 0 Å².